The van der Waals surface area contributed by atoms with Gasteiger partial charge in [0.15, 0.2) is 0 Å². The highest BCUT2D eigenvalue weighted by Crippen LogP contribution is 2.27. The van der Waals surface area contributed by atoms with Gasteiger partial charge in [-0.25, -0.2) is 0 Å². The zero-order valence-electron chi connectivity index (χ0n) is 14.7. The predicted molar refractivity (Wildman–Crippen MR) is 97.6 cm³/mol. The minimum Gasteiger partial charge on any atom is -0.388 e. The van der Waals surface area contributed by atoms with Crippen LogP contribution in [0.5, 0.6) is 0 Å². The van der Waals surface area contributed by atoms with Crippen LogP contribution in [-0.2, 0) is 11.2 Å². The Kier molecular flexibility index (Phi) is 5.83. The summed E-state index contributed by atoms with van der Waals surface area (Å²) in [6.45, 7) is 7.30. The smallest absolute Gasteiger partial charge is 0.0983 e. The standard InChI is InChI=1S/C19H29ClN2O2/c1-19(2,23)18-12-22(16-7-9-21-10-8-16)17(13-24-18)11-14-3-5-15(20)6-4-14/h3-6,16-18,21,23H,7-13H2,1-2H3/t17-,18+/m0/s1. The number of benzene rings is 1. The van der Waals surface area contributed by atoms with Crippen LogP contribution >= 0.6 is 11.6 Å². The van der Waals surface area contributed by atoms with Crippen molar-refractivity contribution in [3.63, 3.8) is 0 Å². The maximum atomic E-state index is 10.4. The Labute approximate surface area is 150 Å². The van der Waals surface area contributed by atoms with Gasteiger partial charge in [-0.3, -0.25) is 4.90 Å². The molecule has 0 radical (unpaired) electrons. The molecule has 24 heavy (non-hydrogen) atoms. The maximum absolute atomic E-state index is 10.4. The lowest BCUT2D eigenvalue weighted by molar-refractivity contribution is -0.154. The Morgan fingerprint density at radius 3 is 2.54 bits per heavy atom. The van der Waals surface area contributed by atoms with Crippen molar-refractivity contribution in [3.05, 3.63) is 34.9 Å². The van der Waals surface area contributed by atoms with E-state index in [0.717, 1.165) is 43.9 Å². The lowest BCUT2D eigenvalue weighted by Crippen LogP contribution is -2.60. The molecular weight excluding hydrogens is 324 g/mol. The van der Waals surface area contributed by atoms with Gasteiger partial charge in [0.05, 0.1) is 18.3 Å². The Bertz CT molecular complexity index is 523. The van der Waals surface area contributed by atoms with Gasteiger partial charge >= 0.3 is 0 Å². The Morgan fingerprint density at radius 2 is 1.92 bits per heavy atom. The van der Waals surface area contributed by atoms with Gasteiger partial charge in [-0.05, 0) is 63.9 Å². The molecule has 0 saturated carbocycles. The number of rotatable bonds is 4. The summed E-state index contributed by atoms with van der Waals surface area (Å²) in [5, 5.41) is 14.6. The molecule has 0 spiro atoms. The zero-order valence-corrected chi connectivity index (χ0v) is 15.4. The van der Waals surface area contributed by atoms with Crippen molar-refractivity contribution in [2.75, 3.05) is 26.2 Å². The average molecular weight is 353 g/mol. The molecule has 0 unspecified atom stereocenters. The molecule has 2 saturated heterocycles. The summed E-state index contributed by atoms with van der Waals surface area (Å²) in [5.41, 5.74) is 0.477. The first-order valence-electron chi connectivity index (χ1n) is 8.98. The summed E-state index contributed by atoms with van der Waals surface area (Å²) in [4.78, 5) is 2.58. The number of nitrogens with zero attached hydrogens (tertiary/aromatic N) is 1. The molecule has 2 aliphatic heterocycles. The predicted octanol–water partition coefficient (Wildman–Crippen LogP) is 2.47. The third-order valence-electron chi connectivity index (χ3n) is 5.29. The van der Waals surface area contributed by atoms with Gasteiger partial charge in [0.2, 0.25) is 0 Å². The lowest BCUT2D eigenvalue weighted by atomic mass is 9.93. The van der Waals surface area contributed by atoms with Crippen molar-refractivity contribution >= 4 is 11.6 Å². The van der Waals surface area contributed by atoms with Crippen LogP contribution in [-0.4, -0.2) is 60.0 Å². The molecule has 2 N–H and O–H groups in total. The Hall–Kier alpha value is -0.650. The summed E-state index contributed by atoms with van der Waals surface area (Å²) in [6, 6.07) is 9.03. The number of hydrogen-bond donors (Lipinski definition) is 2. The molecule has 2 fully saturated rings. The van der Waals surface area contributed by atoms with Crippen molar-refractivity contribution in [2.24, 2.45) is 0 Å². The van der Waals surface area contributed by atoms with E-state index >= 15 is 0 Å². The van der Waals surface area contributed by atoms with E-state index in [9.17, 15) is 5.11 Å². The first-order valence-corrected chi connectivity index (χ1v) is 9.36. The molecule has 2 heterocycles. The van der Waals surface area contributed by atoms with E-state index in [1.165, 1.54) is 5.56 Å². The molecule has 1 aromatic carbocycles. The van der Waals surface area contributed by atoms with Crippen LogP contribution in [0.3, 0.4) is 0 Å². The maximum Gasteiger partial charge on any atom is 0.0983 e. The molecular formula is C19H29ClN2O2. The highest BCUT2D eigenvalue weighted by atomic mass is 35.5. The fourth-order valence-corrected chi connectivity index (χ4v) is 3.92. The Balaban J connectivity index is 1.74. The highest BCUT2D eigenvalue weighted by Gasteiger charge is 2.39. The first kappa shape index (κ1) is 18.2. The lowest BCUT2D eigenvalue weighted by Gasteiger charge is -2.48. The van der Waals surface area contributed by atoms with Crippen molar-refractivity contribution in [1.29, 1.82) is 0 Å². The Morgan fingerprint density at radius 1 is 1.25 bits per heavy atom. The van der Waals surface area contributed by atoms with Crippen LogP contribution in [0.4, 0.5) is 0 Å². The van der Waals surface area contributed by atoms with E-state index in [4.69, 9.17) is 16.3 Å². The second-order valence-corrected chi connectivity index (χ2v) is 8.07. The third-order valence-corrected chi connectivity index (χ3v) is 5.54. The van der Waals surface area contributed by atoms with Crippen molar-refractivity contribution in [1.82, 2.24) is 10.2 Å². The number of hydrogen-bond acceptors (Lipinski definition) is 4. The minimum atomic E-state index is -0.809. The van der Waals surface area contributed by atoms with Gasteiger partial charge in [0, 0.05) is 23.7 Å². The van der Waals surface area contributed by atoms with Crippen molar-refractivity contribution in [3.8, 4) is 0 Å². The van der Waals surface area contributed by atoms with Gasteiger partial charge in [0.1, 0.15) is 0 Å². The molecule has 3 rings (SSSR count). The van der Waals surface area contributed by atoms with E-state index in [-0.39, 0.29) is 6.10 Å². The molecule has 2 aliphatic rings. The van der Waals surface area contributed by atoms with E-state index in [0.29, 0.717) is 18.7 Å². The number of piperidine rings is 1. The fraction of sp³-hybridized carbons (Fsp3) is 0.684. The normalized spacial score (nSPS) is 27.3. The summed E-state index contributed by atoms with van der Waals surface area (Å²) in [5.74, 6) is 0. The molecule has 0 aliphatic carbocycles. The average Bonchev–Trinajstić information content (AvgIpc) is 2.57. The number of morpholine rings is 1. The largest absolute Gasteiger partial charge is 0.388 e. The first-order chi connectivity index (χ1) is 11.4. The molecule has 0 amide bonds. The summed E-state index contributed by atoms with van der Waals surface area (Å²) >= 11 is 6.00. The summed E-state index contributed by atoms with van der Waals surface area (Å²) in [6.07, 6.45) is 3.15. The van der Waals surface area contributed by atoms with E-state index in [1.807, 2.05) is 26.0 Å². The zero-order chi connectivity index (χ0) is 17.2. The van der Waals surface area contributed by atoms with Crippen LogP contribution < -0.4 is 5.32 Å². The van der Waals surface area contributed by atoms with Crippen LogP contribution in [0, 0.1) is 0 Å². The topological polar surface area (TPSA) is 44.7 Å². The number of ether oxygens (including phenoxy) is 1. The number of halogens is 1. The molecule has 2 atom stereocenters. The fourth-order valence-electron chi connectivity index (χ4n) is 3.80. The van der Waals surface area contributed by atoms with Crippen LogP contribution in [0.2, 0.25) is 5.02 Å². The third kappa shape index (κ3) is 4.50. The van der Waals surface area contributed by atoms with Gasteiger partial charge in [0.25, 0.3) is 0 Å². The van der Waals surface area contributed by atoms with Crippen LogP contribution in [0.1, 0.15) is 32.3 Å². The van der Waals surface area contributed by atoms with E-state index in [2.05, 4.69) is 22.3 Å². The monoisotopic (exact) mass is 352 g/mol. The van der Waals surface area contributed by atoms with Gasteiger partial charge < -0.3 is 15.2 Å². The molecule has 1 aromatic rings. The SMILES string of the molecule is CC(C)(O)[C@H]1CN(C2CCNCC2)[C@@H](Cc2ccc(Cl)cc2)CO1. The van der Waals surface area contributed by atoms with Crippen molar-refractivity contribution < 1.29 is 9.84 Å². The molecule has 4 nitrogen and oxygen atoms in total. The van der Waals surface area contributed by atoms with Crippen LogP contribution in [0.15, 0.2) is 24.3 Å². The molecule has 134 valence electrons. The summed E-state index contributed by atoms with van der Waals surface area (Å²) < 4.78 is 6.04. The number of aliphatic hydroxyl groups is 1. The minimum absolute atomic E-state index is 0.131. The van der Waals surface area contributed by atoms with E-state index < -0.39 is 5.60 Å². The summed E-state index contributed by atoms with van der Waals surface area (Å²) in [7, 11) is 0. The number of nitrogens with one attached hydrogen (secondary N) is 1. The highest BCUT2D eigenvalue weighted by molar-refractivity contribution is 6.30. The van der Waals surface area contributed by atoms with Gasteiger partial charge in [-0.2, -0.15) is 0 Å². The second-order valence-electron chi connectivity index (χ2n) is 7.64. The second kappa shape index (κ2) is 7.71. The molecule has 5 heteroatoms. The van der Waals surface area contributed by atoms with Crippen LogP contribution in [0.25, 0.3) is 0 Å². The molecule has 0 bridgehead atoms. The van der Waals surface area contributed by atoms with Crippen molar-refractivity contribution in [2.45, 2.75) is 56.9 Å². The van der Waals surface area contributed by atoms with Gasteiger partial charge in [-0.15, -0.1) is 0 Å². The van der Waals surface area contributed by atoms with E-state index in [1.54, 1.807) is 0 Å². The van der Waals surface area contributed by atoms with Gasteiger partial charge in [-0.1, -0.05) is 23.7 Å². The molecule has 0 aromatic heterocycles. The quantitative estimate of drug-likeness (QED) is 0.873.